The summed E-state index contributed by atoms with van der Waals surface area (Å²) in [7, 11) is -9.91. The quantitative estimate of drug-likeness (QED) is 0.0222. The van der Waals surface area contributed by atoms with E-state index in [1.807, 2.05) is 0 Å². The molecule has 0 radical (unpaired) electrons. The second-order valence-electron chi connectivity index (χ2n) is 28.7. The first kappa shape index (κ1) is 92.1. The maximum absolute atomic E-state index is 13.1. The number of hydrogen-bond acceptors (Lipinski definition) is 15. The third kappa shape index (κ3) is 67.3. The first-order valence-corrected chi connectivity index (χ1v) is 41.7. The number of ether oxygens (including phenoxy) is 4. The number of unbranched alkanes of at least 4 members (excludes halogenated alkanes) is 37. The lowest BCUT2D eigenvalue weighted by molar-refractivity contribution is -0.161. The monoisotopic (exact) mass is 1380 g/mol. The first-order chi connectivity index (χ1) is 45.1. The number of rotatable bonds is 72. The molecule has 0 fully saturated rings. The van der Waals surface area contributed by atoms with Gasteiger partial charge in [0.2, 0.25) is 0 Å². The second-order valence-corrected chi connectivity index (χ2v) is 31.6. The van der Waals surface area contributed by atoms with Crippen LogP contribution in [0, 0.1) is 23.7 Å². The van der Waals surface area contributed by atoms with Crippen molar-refractivity contribution in [3.63, 3.8) is 0 Å². The fraction of sp³-hybridized carbons (Fsp3) is 0.947. The van der Waals surface area contributed by atoms with Crippen LogP contribution in [0.25, 0.3) is 0 Å². The Morgan fingerprint density at radius 1 is 0.298 bits per heavy atom. The van der Waals surface area contributed by atoms with E-state index in [0.717, 1.165) is 114 Å². The summed E-state index contributed by atoms with van der Waals surface area (Å²) in [5, 5.41) is 10.6. The molecule has 0 aliphatic carbocycles. The first-order valence-electron chi connectivity index (χ1n) is 38.7. The number of esters is 4. The standard InChI is InChI=1S/C75H146O17P2/c1-9-68(8)54-46-38-30-21-18-19-22-31-39-47-55-72(77)85-61-70(91-74(79)57-49-41-32-23-17-15-13-11-10-12-14-16-20-27-35-43-51-65(2)3)63-89-93(81,82)87-59-69(76)60-88-94(83,84)90-64-71(62-86-73(78)56-48-40-34-26-29-37-45-53-67(6)7)92-75(80)58-50-42-33-25-24-28-36-44-52-66(4)5/h65-71,76H,9-64H2,1-8H3,(H,81,82)(H,83,84)/t68?,69?,70-,71-/m1/s1. The molecule has 0 amide bonds. The van der Waals surface area contributed by atoms with Gasteiger partial charge in [0.05, 0.1) is 26.4 Å². The van der Waals surface area contributed by atoms with Gasteiger partial charge in [0.15, 0.2) is 12.2 Å². The predicted octanol–water partition coefficient (Wildman–Crippen LogP) is 21.7. The molecular formula is C75H146O17P2. The summed E-state index contributed by atoms with van der Waals surface area (Å²) in [4.78, 5) is 72.7. The van der Waals surface area contributed by atoms with Gasteiger partial charge in [0.1, 0.15) is 19.3 Å². The third-order valence-electron chi connectivity index (χ3n) is 17.7. The minimum Gasteiger partial charge on any atom is -0.462 e. The lowest BCUT2D eigenvalue weighted by atomic mass is 9.99. The number of hydrogen-bond donors (Lipinski definition) is 3. The molecule has 0 aromatic heterocycles. The average molecular weight is 1380 g/mol. The number of carbonyl (C=O) groups is 4. The molecule has 17 nitrogen and oxygen atoms in total. The maximum atomic E-state index is 13.1. The molecular weight excluding hydrogens is 1230 g/mol. The number of aliphatic hydroxyl groups excluding tert-OH is 1. The van der Waals surface area contributed by atoms with Crippen LogP contribution in [-0.2, 0) is 65.4 Å². The highest BCUT2D eigenvalue weighted by molar-refractivity contribution is 7.47. The Morgan fingerprint density at radius 2 is 0.511 bits per heavy atom. The highest BCUT2D eigenvalue weighted by atomic mass is 31.2. The molecule has 19 heteroatoms. The summed E-state index contributed by atoms with van der Waals surface area (Å²) in [5.74, 6) is 0.917. The van der Waals surface area contributed by atoms with Gasteiger partial charge in [0, 0.05) is 25.7 Å². The Morgan fingerprint density at radius 3 is 0.755 bits per heavy atom. The van der Waals surface area contributed by atoms with E-state index in [1.54, 1.807) is 0 Å². The van der Waals surface area contributed by atoms with Crippen molar-refractivity contribution in [2.24, 2.45) is 23.7 Å². The summed E-state index contributed by atoms with van der Waals surface area (Å²) < 4.78 is 68.4. The largest absolute Gasteiger partial charge is 0.472 e. The van der Waals surface area contributed by atoms with Crippen LogP contribution in [0.15, 0.2) is 0 Å². The van der Waals surface area contributed by atoms with E-state index in [9.17, 15) is 43.2 Å². The van der Waals surface area contributed by atoms with Crippen molar-refractivity contribution >= 4 is 39.5 Å². The van der Waals surface area contributed by atoms with Crippen LogP contribution in [0.1, 0.15) is 376 Å². The fourth-order valence-corrected chi connectivity index (χ4v) is 12.9. The molecule has 0 saturated carbocycles. The topological polar surface area (TPSA) is 237 Å². The van der Waals surface area contributed by atoms with E-state index in [2.05, 4.69) is 55.4 Å². The number of phosphoric ester groups is 2. The molecule has 4 unspecified atom stereocenters. The summed E-state index contributed by atoms with van der Waals surface area (Å²) in [6.45, 7) is 14.2. The van der Waals surface area contributed by atoms with Crippen molar-refractivity contribution in [1.82, 2.24) is 0 Å². The summed E-state index contributed by atoms with van der Waals surface area (Å²) in [5.41, 5.74) is 0. The van der Waals surface area contributed by atoms with E-state index in [4.69, 9.17) is 37.0 Å². The van der Waals surface area contributed by atoms with Gasteiger partial charge >= 0.3 is 39.5 Å². The zero-order valence-electron chi connectivity index (χ0n) is 61.6. The van der Waals surface area contributed by atoms with Gasteiger partial charge in [-0.2, -0.15) is 0 Å². The molecule has 6 atom stereocenters. The van der Waals surface area contributed by atoms with E-state index in [-0.39, 0.29) is 25.7 Å². The van der Waals surface area contributed by atoms with Crippen LogP contribution in [0.2, 0.25) is 0 Å². The van der Waals surface area contributed by atoms with E-state index in [0.29, 0.717) is 31.6 Å². The van der Waals surface area contributed by atoms with Crippen LogP contribution in [-0.4, -0.2) is 96.7 Å². The normalized spacial score (nSPS) is 14.4. The molecule has 0 bridgehead atoms. The second kappa shape index (κ2) is 64.4. The number of aliphatic hydroxyl groups is 1. The number of carbonyl (C=O) groups excluding carboxylic acids is 4. The van der Waals surface area contributed by atoms with Crippen LogP contribution in [0.3, 0.4) is 0 Å². The Kier molecular flexibility index (Phi) is 63.1. The van der Waals surface area contributed by atoms with Gasteiger partial charge in [-0.15, -0.1) is 0 Å². The van der Waals surface area contributed by atoms with Gasteiger partial charge in [-0.05, 0) is 49.4 Å². The van der Waals surface area contributed by atoms with Crippen molar-refractivity contribution in [2.75, 3.05) is 39.6 Å². The molecule has 0 heterocycles. The zero-order chi connectivity index (χ0) is 69.6. The smallest absolute Gasteiger partial charge is 0.462 e. The van der Waals surface area contributed by atoms with Gasteiger partial charge in [0.25, 0.3) is 0 Å². The van der Waals surface area contributed by atoms with Crippen molar-refractivity contribution in [2.45, 2.75) is 395 Å². The van der Waals surface area contributed by atoms with E-state index >= 15 is 0 Å². The van der Waals surface area contributed by atoms with Crippen LogP contribution >= 0.6 is 15.6 Å². The lowest BCUT2D eigenvalue weighted by Gasteiger charge is -2.21. The van der Waals surface area contributed by atoms with Gasteiger partial charge in [-0.1, -0.05) is 325 Å². The summed E-state index contributed by atoms with van der Waals surface area (Å²) in [6.07, 6.45) is 48.7. The van der Waals surface area contributed by atoms with Crippen LogP contribution < -0.4 is 0 Å². The Bertz CT molecular complexity index is 1850. The highest BCUT2D eigenvalue weighted by Crippen LogP contribution is 2.45. The van der Waals surface area contributed by atoms with Crippen molar-refractivity contribution in [3.05, 3.63) is 0 Å². The predicted molar refractivity (Wildman–Crippen MR) is 381 cm³/mol. The zero-order valence-corrected chi connectivity index (χ0v) is 63.4. The van der Waals surface area contributed by atoms with Gasteiger partial charge in [-0.25, -0.2) is 9.13 Å². The molecule has 0 aliphatic rings. The van der Waals surface area contributed by atoms with Crippen LogP contribution in [0.5, 0.6) is 0 Å². The average Bonchev–Trinajstić information content (AvgIpc) is 1.55. The lowest BCUT2D eigenvalue weighted by Crippen LogP contribution is -2.30. The molecule has 0 rings (SSSR count). The van der Waals surface area contributed by atoms with Gasteiger partial charge < -0.3 is 33.8 Å². The van der Waals surface area contributed by atoms with Gasteiger partial charge in [-0.3, -0.25) is 37.3 Å². The minimum absolute atomic E-state index is 0.103. The molecule has 3 N–H and O–H groups in total. The van der Waals surface area contributed by atoms with Crippen molar-refractivity contribution in [3.8, 4) is 0 Å². The van der Waals surface area contributed by atoms with Crippen LogP contribution in [0.4, 0.5) is 0 Å². The maximum Gasteiger partial charge on any atom is 0.472 e. The molecule has 0 aliphatic heterocycles. The summed E-state index contributed by atoms with van der Waals surface area (Å²) in [6, 6.07) is 0. The summed E-state index contributed by atoms with van der Waals surface area (Å²) >= 11 is 0. The molecule has 94 heavy (non-hydrogen) atoms. The van der Waals surface area contributed by atoms with Crippen molar-refractivity contribution < 1.29 is 80.2 Å². The van der Waals surface area contributed by atoms with E-state index in [1.165, 1.54) is 173 Å². The third-order valence-corrected chi connectivity index (χ3v) is 19.6. The molecule has 0 spiro atoms. The highest BCUT2D eigenvalue weighted by Gasteiger charge is 2.30. The Labute approximate surface area is 575 Å². The molecule has 0 aromatic carbocycles. The molecule has 0 saturated heterocycles. The molecule has 558 valence electrons. The SMILES string of the molecule is CCC(C)CCCCCCCCCCCCC(=O)OC[C@H](COP(=O)(O)OCC(O)COP(=O)(O)OC[C@@H](COC(=O)CCCCCCCCCC(C)C)OC(=O)CCCCCCCCCCC(C)C)OC(=O)CCCCCCCCCCCCCCCCCCC(C)C. The number of phosphoric acid groups is 2. The Hall–Kier alpha value is -1.94. The Balaban J connectivity index is 5.23. The fourth-order valence-electron chi connectivity index (χ4n) is 11.3. The van der Waals surface area contributed by atoms with E-state index < -0.39 is 97.5 Å². The van der Waals surface area contributed by atoms with Crippen molar-refractivity contribution in [1.29, 1.82) is 0 Å². The minimum atomic E-state index is -4.96. The molecule has 0 aromatic rings.